The minimum Gasteiger partial charge on any atom is -0.383 e. The van der Waals surface area contributed by atoms with Crippen molar-refractivity contribution in [2.24, 2.45) is 0 Å². The first kappa shape index (κ1) is 15.6. The molecule has 0 radical (unpaired) electrons. The Hall–Kier alpha value is -0.820. The largest absolute Gasteiger partial charge is 0.383 e. The highest BCUT2D eigenvalue weighted by molar-refractivity contribution is 9.10. The molecule has 2 aromatic heterocycles. The molecule has 0 amide bonds. The van der Waals surface area contributed by atoms with Crippen molar-refractivity contribution in [3.63, 3.8) is 0 Å². The summed E-state index contributed by atoms with van der Waals surface area (Å²) in [6, 6.07) is 2.05. The molecule has 0 unspecified atom stereocenters. The Morgan fingerprint density at radius 2 is 2.00 bits per heavy atom. The predicted molar refractivity (Wildman–Crippen MR) is 86.1 cm³/mol. The van der Waals surface area contributed by atoms with Crippen molar-refractivity contribution in [1.29, 1.82) is 0 Å². The third-order valence-electron chi connectivity index (χ3n) is 2.99. The maximum atomic E-state index is 5.02. The Morgan fingerprint density at radius 3 is 2.55 bits per heavy atom. The summed E-state index contributed by atoms with van der Waals surface area (Å²) < 4.78 is 6.09. The molecule has 0 bridgehead atoms. The molecule has 1 N–H and O–H groups in total. The Bertz CT molecular complexity index is 563. The van der Waals surface area contributed by atoms with Crippen LogP contribution in [0.2, 0.25) is 0 Å². The first-order valence-corrected chi connectivity index (χ1v) is 8.07. The zero-order valence-corrected chi connectivity index (χ0v) is 14.3. The van der Waals surface area contributed by atoms with Gasteiger partial charge in [0.05, 0.1) is 11.5 Å². The molecule has 20 heavy (non-hydrogen) atoms. The zero-order valence-electron chi connectivity index (χ0n) is 11.9. The molecule has 0 aliphatic heterocycles. The Labute approximate surface area is 131 Å². The van der Waals surface area contributed by atoms with Crippen molar-refractivity contribution < 1.29 is 4.74 Å². The summed E-state index contributed by atoms with van der Waals surface area (Å²) in [4.78, 5) is 10.3. The predicted octanol–water partition coefficient (Wildman–Crippen LogP) is 3.32. The monoisotopic (exact) mass is 355 g/mol. The fraction of sp³-hybridized carbons (Fsp3) is 0.429. The van der Waals surface area contributed by atoms with E-state index < -0.39 is 0 Å². The third kappa shape index (κ3) is 3.85. The van der Waals surface area contributed by atoms with Gasteiger partial charge >= 0.3 is 0 Å². The molecule has 0 aliphatic rings. The topological polar surface area (TPSA) is 47.0 Å². The lowest BCUT2D eigenvalue weighted by Gasteiger charge is -2.11. The van der Waals surface area contributed by atoms with Gasteiger partial charge in [0.2, 0.25) is 0 Å². The van der Waals surface area contributed by atoms with Crippen LogP contribution in [0.5, 0.6) is 0 Å². The number of nitrogens with zero attached hydrogens (tertiary/aromatic N) is 2. The van der Waals surface area contributed by atoms with Crippen LogP contribution in [0.25, 0.3) is 10.7 Å². The lowest BCUT2D eigenvalue weighted by atomic mass is 10.1. The summed E-state index contributed by atoms with van der Waals surface area (Å²) in [5.74, 6) is 0.802. The van der Waals surface area contributed by atoms with Crippen molar-refractivity contribution in [3.05, 3.63) is 32.9 Å². The summed E-state index contributed by atoms with van der Waals surface area (Å²) in [5.41, 5.74) is 3.23. The highest BCUT2D eigenvalue weighted by Gasteiger charge is 2.11. The van der Waals surface area contributed by atoms with Gasteiger partial charge in [-0.05, 0) is 35.8 Å². The van der Waals surface area contributed by atoms with Gasteiger partial charge in [0.1, 0.15) is 0 Å². The van der Waals surface area contributed by atoms with Crippen molar-refractivity contribution in [2.75, 3.05) is 20.3 Å². The minimum absolute atomic E-state index is 0.709. The number of methoxy groups -OCH3 is 1. The Morgan fingerprint density at radius 1 is 1.30 bits per heavy atom. The smallest absolute Gasteiger partial charge is 0.169 e. The van der Waals surface area contributed by atoms with Crippen LogP contribution >= 0.6 is 27.3 Å². The summed E-state index contributed by atoms with van der Waals surface area (Å²) in [6.45, 7) is 6.38. The highest BCUT2D eigenvalue weighted by Crippen LogP contribution is 2.28. The fourth-order valence-corrected chi connectivity index (χ4v) is 3.28. The molecule has 2 rings (SSSR count). The van der Waals surface area contributed by atoms with Crippen molar-refractivity contribution in [1.82, 2.24) is 15.3 Å². The normalized spacial score (nSPS) is 11.0. The number of hydrogen-bond acceptors (Lipinski definition) is 5. The van der Waals surface area contributed by atoms with Gasteiger partial charge < -0.3 is 10.1 Å². The SMILES string of the molecule is COCCNCc1c(C)nc(-c2cc(Br)cs2)nc1C. The first-order chi connectivity index (χ1) is 9.61. The average Bonchev–Trinajstić information content (AvgIpc) is 2.83. The Balaban J connectivity index is 2.16. The van der Waals surface area contributed by atoms with Crippen molar-refractivity contribution >= 4 is 27.3 Å². The summed E-state index contributed by atoms with van der Waals surface area (Å²) in [7, 11) is 1.70. The summed E-state index contributed by atoms with van der Waals surface area (Å²) >= 11 is 5.11. The molecular formula is C14H18BrN3OS. The van der Waals surface area contributed by atoms with E-state index in [-0.39, 0.29) is 0 Å². The van der Waals surface area contributed by atoms with E-state index in [9.17, 15) is 0 Å². The van der Waals surface area contributed by atoms with Crippen molar-refractivity contribution in [2.45, 2.75) is 20.4 Å². The third-order valence-corrected chi connectivity index (χ3v) is 4.68. The van der Waals surface area contributed by atoms with Gasteiger partial charge in [-0.3, -0.25) is 0 Å². The second-order valence-electron chi connectivity index (χ2n) is 4.50. The average molecular weight is 356 g/mol. The lowest BCUT2D eigenvalue weighted by Crippen LogP contribution is -2.20. The molecule has 4 nitrogen and oxygen atoms in total. The number of halogens is 1. The number of thiophene rings is 1. The van der Waals surface area contributed by atoms with Crippen LogP contribution in [0.3, 0.4) is 0 Å². The van der Waals surface area contributed by atoms with E-state index in [1.165, 1.54) is 5.56 Å². The molecule has 0 spiro atoms. The van der Waals surface area contributed by atoms with E-state index in [0.29, 0.717) is 6.61 Å². The van der Waals surface area contributed by atoms with E-state index >= 15 is 0 Å². The van der Waals surface area contributed by atoms with Crippen molar-refractivity contribution in [3.8, 4) is 10.7 Å². The quantitative estimate of drug-likeness (QED) is 0.807. The molecule has 0 aliphatic carbocycles. The molecule has 0 aromatic carbocycles. The van der Waals surface area contributed by atoms with E-state index in [2.05, 4.69) is 37.3 Å². The van der Waals surface area contributed by atoms with Crippen LogP contribution in [0, 0.1) is 13.8 Å². The standard InChI is InChI=1S/C14H18BrN3OS/c1-9-12(7-16-4-5-19-3)10(2)18-14(17-9)13-6-11(15)8-20-13/h6,8,16H,4-5,7H2,1-3H3. The highest BCUT2D eigenvalue weighted by atomic mass is 79.9. The molecule has 0 fully saturated rings. The molecular weight excluding hydrogens is 338 g/mol. The van der Waals surface area contributed by atoms with Crippen LogP contribution in [0.4, 0.5) is 0 Å². The van der Waals surface area contributed by atoms with Gasteiger partial charge in [0.15, 0.2) is 5.82 Å². The van der Waals surface area contributed by atoms with Gasteiger partial charge in [-0.25, -0.2) is 9.97 Å². The van der Waals surface area contributed by atoms with Crippen LogP contribution in [0.1, 0.15) is 17.0 Å². The van der Waals surface area contributed by atoms with E-state index in [4.69, 9.17) is 4.74 Å². The molecule has 2 heterocycles. The molecule has 2 aromatic rings. The molecule has 108 valence electrons. The van der Waals surface area contributed by atoms with Gasteiger partial charge in [-0.15, -0.1) is 11.3 Å². The number of rotatable bonds is 6. The molecule has 6 heteroatoms. The second-order valence-corrected chi connectivity index (χ2v) is 6.32. The Kier molecular flexibility index (Phi) is 5.65. The maximum Gasteiger partial charge on any atom is 0.169 e. The molecule has 0 saturated carbocycles. The van der Waals surface area contributed by atoms with Crippen LogP contribution in [-0.4, -0.2) is 30.2 Å². The van der Waals surface area contributed by atoms with Gasteiger partial charge in [-0.1, -0.05) is 0 Å². The van der Waals surface area contributed by atoms with Gasteiger partial charge in [-0.2, -0.15) is 0 Å². The van der Waals surface area contributed by atoms with Crippen LogP contribution in [0.15, 0.2) is 15.9 Å². The van der Waals surface area contributed by atoms with Crippen LogP contribution in [-0.2, 0) is 11.3 Å². The molecule has 0 saturated heterocycles. The number of hydrogen-bond donors (Lipinski definition) is 1. The van der Waals surface area contributed by atoms with E-state index in [1.54, 1.807) is 18.4 Å². The van der Waals surface area contributed by atoms with Gasteiger partial charge in [0, 0.05) is 47.0 Å². The number of aromatic nitrogens is 2. The fourth-order valence-electron chi connectivity index (χ4n) is 1.92. The first-order valence-electron chi connectivity index (χ1n) is 6.40. The molecule has 0 atom stereocenters. The minimum atomic E-state index is 0.709. The number of ether oxygens (including phenoxy) is 1. The second kappa shape index (κ2) is 7.26. The van der Waals surface area contributed by atoms with Crippen LogP contribution < -0.4 is 5.32 Å². The summed E-state index contributed by atoms with van der Waals surface area (Å²) in [6.07, 6.45) is 0. The van der Waals surface area contributed by atoms with E-state index in [1.807, 2.05) is 19.2 Å². The van der Waals surface area contributed by atoms with E-state index in [0.717, 1.165) is 39.7 Å². The van der Waals surface area contributed by atoms with Gasteiger partial charge in [0.25, 0.3) is 0 Å². The summed E-state index contributed by atoms with van der Waals surface area (Å²) in [5, 5.41) is 5.38. The number of nitrogens with one attached hydrogen (secondary N) is 1. The number of aryl methyl sites for hydroxylation is 2. The zero-order chi connectivity index (χ0) is 14.5. The maximum absolute atomic E-state index is 5.02. The lowest BCUT2D eigenvalue weighted by molar-refractivity contribution is 0.199.